The number of fused-ring (bicyclic) bond motifs is 3. The van der Waals surface area contributed by atoms with Crippen LogP contribution in [0.15, 0.2) is 24.3 Å². The fourth-order valence-corrected chi connectivity index (χ4v) is 3.25. The van der Waals surface area contributed by atoms with Crippen molar-refractivity contribution in [2.24, 2.45) is 0 Å². The topological polar surface area (TPSA) is 64.8 Å². The highest BCUT2D eigenvalue weighted by Crippen LogP contribution is 2.30. The van der Waals surface area contributed by atoms with Gasteiger partial charge in [-0.05, 0) is 18.6 Å². The lowest BCUT2D eigenvalue weighted by molar-refractivity contribution is -0.141. The molecule has 0 spiro atoms. The number of nitrogens with zero attached hydrogens (tertiary/aromatic N) is 2. The summed E-state index contributed by atoms with van der Waals surface area (Å²) in [4.78, 5) is 17.4. The van der Waals surface area contributed by atoms with Crippen LogP contribution in [-0.2, 0) is 19.1 Å². The van der Waals surface area contributed by atoms with Crippen molar-refractivity contribution < 1.29 is 18.0 Å². The van der Waals surface area contributed by atoms with Crippen molar-refractivity contribution in [3.05, 3.63) is 52.5 Å². The monoisotopic (exact) mass is 348 g/mol. The van der Waals surface area contributed by atoms with Crippen LogP contribution in [0.25, 0.3) is 10.9 Å². The quantitative estimate of drug-likeness (QED) is 0.708. The summed E-state index contributed by atoms with van der Waals surface area (Å²) in [7, 11) is 0. The molecule has 0 radical (unpaired) electrons. The van der Waals surface area contributed by atoms with E-state index >= 15 is 0 Å². The van der Waals surface area contributed by atoms with Gasteiger partial charge in [0.05, 0.1) is 0 Å². The van der Waals surface area contributed by atoms with Gasteiger partial charge in [0.25, 0.3) is 5.91 Å². The second-order valence-corrected chi connectivity index (χ2v) is 6.27. The number of hydrogen-bond acceptors (Lipinski definition) is 2. The fraction of sp³-hybridized carbons (Fsp3) is 0.294. The van der Waals surface area contributed by atoms with Crippen LogP contribution >= 0.6 is 0 Å². The molecule has 0 bridgehead atoms. The summed E-state index contributed by atoms with van der Waals surface area (Å²) in [5, 5.41) is 6.46. The zero-order chi connectivity index (χ0) is 17.8. The smallest absolute Gasteiger partial charge is 0.358 e. The average Bonchev–Trinajstić information content (AvgIpc) is 3.17. The molecule has 0 saturated carbocycles. The number of rotatable bonds is 1. The molecule has 2 aromatic heterocycles. The summed E-state index contributed by atoms with van der Waals surface area (Å²) >= 11 is 0. The van der Waals surface area contributed by atoms with E-state index in [2.05, 4.69) is 10.1 Å². The van der Waals surface area contributed by atoms with Gasteiger partial charge >= 0.3 is 6.18 Å². The van der Waals surface area contributed by atoms with E-state index in [0.29, 0.717) is 19.5 Å². The number of aryl methyl sites for hydroxylation is 1. The lowest BCUT2D eigenvalue weighted by Gasteiger charge is -2.26. The predicted molar refractivity (Wildman–Crippen MR) is 85.1 cm³/mol. The number of H-pyrrole nitrogens is 2. The first-order chi connectivity index (χ1) is 11.8. The fourth-order valence-electron chi connectivity index (χ4n) is 3.25. The van der Waals surface area contributed by atoms with E-state index in [1.165, 1.54) is 4.90 Å². The molecule has 2 N–H and O–H groups in total. The van der Waals surface area contributed by atoms with Crippen LogP contribution in [0.4, 0.5) is 13.2 Å². The van der Waals surface area contributed by atoms with Gasteiger partial charge in [-0.2, -0.15) is 18.3 Å². The highest BCUT2D eigenvalue weighted by Gasteiger charge is 2.35. The normalized spacial score (nSPS) is 14.8. The lowest BCUT2D eigenvalue weighted by atomic mass is 10.0. The third kappa shape index (κ3) is 2.67. The molecule has 1 aromatic carbocycles. The van der Waals surface area contributed by atoms with Crippen molar-refractivity contribution in [2.75, 3.05) is 6.54 Å². The molecule has 3 heterocycles. The minimum atomic E-state index is -4.55. The maximum atomic E-state index is 12.7. The van der Waals surface area contributed by atoms with E-state index in [4.69, 9.17) is 0 Å². The molecular weight excluding hydrogens is 333 g/mol. The van der Waals surface area contributed by atoms with Crippen LogP contribution < -0.4 is 0 Å². The molecule has 4 rings (SSSR count). The van der Waals surface area contributed by atoms with E-state index in [0.717, 1.165) is 33.8 Å². The van der Waals surface area contributed by atoms with Gasteiger partial charge in [-0.25, -0.2) is 0 Å². The maximum Gasteiger partial charge on any atom is 0.432 e. The SMILES string of the molecule is Cc1ccc2c3c([nH]c2c1)CCN(C(=O)c1cc(C(F)(F)F)[nH]n1)C3. The van der Waals surface area contributed by atoms with E-state index in [-0.39, 0.29) is 5.69 Å². The molecule has 5 nitrogen and oxygen atoms in total. The van der Waals surface area contributed by atoms with Gasteiger partial charge in [0.15, 0.2) is 5.69 Å². The summed E-state index contributed by atoms with van der Waals surface area (Å²) in [5.41, 5.74) is 3.00. The standard InChI is InChI=1S/C17H15F3N4O/c1-9-2-3-10-11-8-24(5-4-12(11)21-13(10)6-9)16(25)14-7-15(23-22-14)17(18,19)20/h2-3,6-7,21H,4-5,8H2,1H3,(H,22,23). The first-order valence-corrected chi connectivity index (χ1v) is 7.85. The molecule has 0 atom stereocenters. The van der Waals surface area contributed by atoms with E-state index in [1.807, 2.05) is 30.2 Å². The number of carbonyl (C=O) groups excluding carboxylic acids is 1. The Bertz CT molecular complexity index is 970. The van der Waals surface area contributed by atoms with E-state index in [1.54, 1.807) is 0 Å². The van der Waals surface area contributed by atoms with Crippen molar-refractivity contribution in [1.82, 2.24) is 20.1 Å². The number of alkyl halides is 3. The zero-order valence-electron chi connectivity index (χ0n) is 13.4. The van der Waals surface area contributed by atoms with Crippen molar-refractivity contribution in [3.63, 3.8) is 0 Å². The molecule has 0 fully saturated rings. The summed E-state index contributed by atoms with van der Waals surface area (Å²) in [6.45, 7) is 2.79. The van der Waals surface area contributed by atoms with Crippen molar-refractivity contribution in [1.29, 1.82) is 0 Å². The Labute approximate surface area is 140 Å². The molecule has 1 aliphatic rings. The van der Waals surface area contributed by atoms with Crippen LogP contribution in [0.3, 0.4) is 0 Å². The summed E-state index contributed by atoms with van der Waals surface area (Å²) in [6.07, 6.45) is -3.92. The molecule has 0 saturated heterocycles. The molecule has 130 valence electrons. The van der Waals surface area contributed by atoms with E-state index in [9.17, 15) is 18.0 Å². The largest absolute Gasteiger partial charge is 0.432 e. The number of aromatic nitrogens is 3. The Kier molecular flexibility index (Phi) is 3.38. The number of benzene rings is 1. The third-order valence-electron chi connectivity index (χ3n) is 4.52. The second-order valence-electron chi connectivity index (χ2n) is 6.27. The molecule has 3 aromatic rings. The number of carbonyl (C=O) groups is 1. The number of nitrogens with one attached hydrogen (secondary N) is 2. The lowest BCUT2D eigenvalue weighted by Crippen LogP contribution is -2.36. The van der Waals surface area contributed by atoms with Gasteiger partial charge in [0, 0.05) is 47.7 Å². The Morgan fingerprint density at radius 1 is 1.28 bits per heavy atom. The van der Waals surface area contributed by atoms with Gasteiger partial charge in [-0.1, -0.05) is 12.1 Å². The summed E-state index contributed by atoms with van der Waals surface area (Å²) in [6, 6.07) is 6.81. The highest BCUT2D eigenvalue weighted by molar-refractivity contribution is 5.93. The van der Waals surface area contributed by atoms with Gasteiger partial charge in [0.1, 0.15) is 5.69 Å². The molecule has 1 aliphatic heterocycles. The molecule has 0 aliphatic carbocycles. The number of halogens is 3. The van der Waals surface area contributed by atoms with Crippen molar-refractivity contribution in [2.45, 2.75) is 26.1 Å². The predicted octanol–water partition coefficient (Wildman–Crippen LogP) is 3.42. The van der Waals surface area contributed by atoms with Crippen molar-refractivity contribution >= 4 is 16.8 Å². The van der Waals surface area contributed by atoms with Crippen LogP contribution in [-0.4, -0.2) is 32.5 Å². The molecule has 25 heavy (non-hydrogen) atoms. The number of aromatic amines is 2. The summed E-state index contributed by atoms with van der Waals surface area (Å²) < 4.78 is 38.0. The average molecular weight is 348 g/mol. The van der Waals surface area contributed by atoms with Crippen LogP contribution in [0.1, 0.15) is 33.0 Å². The molecule has 8 heteroatoms. The Morgan fingerprint density at radius 2 is 2.08 bits per heavy atom. The first kappa shape index (κ1) is 15.7. The first-order valence-electron chi connectivity index (χ1n) is 7.85. The van der Waals surface area contributed by atoms with E-state index < -0.39 is 17.8 Å². The molecule has 1 amide bonds. The van der Waals surface area contributed by atoms with Gasteiger partial charge in [-0.3, -0.25) is 9.89 Å². The number of amides is 1. The van der Waals surface area contributed by atoms with Crippen LogP contribution in [0.2, 0.25) is 0 Å². The third-order valence-corrected chi connectivity index (χ3v) is 4.52. The minimum Gasteiger partial charge on any atom is -0.358 e. The highest BCUT2D eigenvalue weighted by atomic mass is 19.4. The summed E-state index contributed by atoms with van der Waals surface area (Å²) in [5.74, 6) is -0.501. The van der Waals surface area contributed by atoms with Crippen LogP contribution in [0.5, 0.6) is 0 Å². The molecule has 0 unspecified atom stereocenters. The van der Waals surface area contributed by atoms with Crippen LogP contribution in [0, 0.1) is 6.92 Å². The Morgan fingerprint density at radius 3 is 2.80 bits per heavy atom. The maximum absolute atomic E-state index is 12.7. The zero-order valence-corrected chi connectivity index (χ0v) is 13.4. The van der Waals surface area contributed by atoms with Crippen molar-refractivity contribution in [3.8, 4) is 0 Å². The second kappa shape index (κ2) is 5.37. The Hall–Kier alpha value is -2.77. The molecular formula is C17H15F3N4O. The van der Waals surface area contributed by atoms with Gasteiger partial charge < -0.3 is 9.88 Å². The minimum absolute atomic E-state index is 0.216. The van der Waals surface area contributed by atoms with Gasteiger partial charge in [-0.15, -0.1) is 0 Å². The Balaban J connectivity index is 1.62. The van der Waals surface area contributed by atoms with Gasteiger partial charge in [0.2, 0.25) is 0 Å². The number of hydrogen-bond donors (Lipinski definition) is 2.